The van der Waals surface area contributed by atoms with Gasteiger partial charge in [-0.15, -0.1) is 0 Å². The normalized spacial score (nSPS) is 23.4. The maximum absolute atomic E-state index is 13.4. The minimum absolute atomic E-state index is 0.0781. The Hall–Kier alpha value is -2.39. The van der Waals surface area contributed by atoms with E-state index in [9.17, 15) is 23.1 Å². The predicted molar refractivity (Wildman–Crippen MR) is 105 cm³/mol. The molecule has 2 unspecified atom stereocenters. The quantitative estimate of drug-likeness (QED) is 0.763. The lowest BCUT2D eigenvalue weighted by molar-refractivity contribution is -0.154. The second-order valence-corrected chi connectivity index (χ2v) is 8.24. The standard InChI is InChI=1S/C21H24F3N3O3/c1-13-7-15(30-19(29)12-26-9-14(28)10-26)11-27(8-13)18-5-4-17(21(22,23)24)20-16(18)3-2-6-25-20/h2-6,13-15,28H,7-12H2,1H3. The molecule has 2 saturated heterocycles. The van der Waals surface area contributed by atoms with Gasteiger partial charge in [-0.3, -0.25) is 14.7 Å². The monoisotopic (exact) mass is 423 g/mol. The van der Waals surface area contributed by atoms with E-state index in [1.54, 1.807) is 12.1 Å². The number of ether oxygens (including phenoxy) is 1. The lowest BCUT2D eigenvalue weighted by atomic mass is 9.96. The Bertz CT molecular complexity index is 931. The number of anilines is 1. The largest absolute Gasteiger partial charge is 0.460 e. The summed E-state index contributed by atoms with van der Waals surface area (Å²) in [6.45, 7) is 4.16. The third-order valence-electron chi connectivity index (χ3n) is 5.60. The molecular weight excluding hydrogens is 399 g/mol. The molecule has 2 aromatic rings. The number of carbonyl (C=O) groups is 1. The van der Waals surface area contributed by atoms with Gasteiger partial charge in [-0.05, 0) is 36.6 Å². The first kappa shape index (κ1) is 20.9. The molecule has 2 aliphatic rings. The van der Waals surface area contributed by atoms with Crippen molar-refractivity contribution in [3.63, 3.8) is 0 Å². The number of hydrogen-bond acceptors (Lipinski definition) is 6. The highest BCUT2D eigenvalue weighted by molar-refractivity contribution is 5.94. The molecule has 0 saturated carbocycles. The predicted octanol–water partition coefficient (Wildman–Crippen LogP) is 2.69. The molecule has 3 heterocycles. The molecule has 1 aromatic carbocycles. The molecule has 162 valence electrons. The van der Waals surface area contributed by atoms with E-state index in [4.69, 9.17) is 4.74 Å². The first-order valence-corrected chi connectivity index (χ1v) is 10.0. The summed E-state index contributed by atoms with van der Waals surface area (Å²) in [7, 11) is 0. The molecule has 0 spiro atoms. The zero-order chi connectivity index (χ0) is 21.5. The SMILES string of the molecule is CC1CC(OC(=O)CN2CC(O)C2)CN(c2ccc(C(F)(F)F)c3ncccc23)C1. The molecule has 1 N–H and O–H groups in total. The van der Waals surface area contributed by atoms with Crippen molar-refractivity contribution in [2.45, 2.75) is 31.7 Å². The van der Waals surface area contributed by atoms with E-state index in [0.29, 0.717) is 43.7 Å². The van der Waals surface area contributed by atoms with Crippen LogP contribution in [-0.2, 0) is 15.7 Å². The zero-order valence-electron chi connectivity index (χ0n) is 16.6. The summed E-state index contributed by atoms with van der Waals surface area (Å²) in [4.78, 5) is 20.0. The minimum Gasteiger partial charge on any atom is -0.460 e. The van der Waals surface area contributed by atoms with E-state index in [-0.39, 0.29) is 36.2 Å². The fourth-order valence-electron chi connectivity index (χ4n) is 4.32. The van der Waals surface area contributed by atoms with Crippen LogP contribution in [0.4, 0.5) is 18.9 Å². The van der Waals surface area contributed by atoms with E-state index in [1.807, 2.05) is 16.7 Å². The van der Waals surface area contributed by atoms with Crippen LogP contribution in [0.3, 0.4) is 0 Å². The van der Waals surface area contributed by atoms with Crippen LogP contribution in [0.15, 0.2) is 30.5 Å². The van der Waals surface area contributed by atoms with Gasteiger partial charge in [0.1, 0.15) is 6.10 Å². The number of benzene rings is 1. The van der Waals surface area contributed by atoms with Crippen LogP contribution in [0, 0.1) is 5.92 Å². The number of halogens is 3. The Morgan fingerprint density at radius 1 is 1.23 bits per heavy atom. The number of aliphatic hydroxyl groups is 1. The van der Waals surface area contributed by atoms with E-state index >= 15 is 0 Å². The van der Waals surface area contributed by atoms with Crippen molar-refractivity contribution in [1.29, 1.82) is 0 Å². The fraction of sp³-hybridized carbons (Fsp3) is 0.524. The van der Waals surface area contributed by atoms with Crippen LogP contribution >= 0.6 is 0 Å². The highest BCUT2D eigenvalue weighted by Crippen LogP contribution is 2.38. The van der Waals surface area contributed by atoms with Crippen molar-refractivity contribution < 1.29 is 27.8 Å². The molecular formula is C21H24F3N3O3. The van der Waals surface area contributed by atoms with Crippen LogP contribution in [-0.4, -0.2) is 65.9 Å². The number of aliphatic hydroxyl groups excluding tert-OH is 1. The minimum atomic E-state index is -4.48. The third-order valence-corrected chi connectivity index (χ3v) is 5.60. The summed E-state index contributed by atoms with van der Waals surface area (Å²) in [5, 5.41) is 9.76. The molecule has 2 aliphatic heterocycles. The number of fused-ring (bicyclic) bond motifs is 1. The number of pyridine rings is 1. The number of carbonyl (C=O) groups excluding carboxylic acids is 1. The lowest BCUT2D eigenvalue weighted by Gasteiger charge is -2.39. The third kappa shape index (κ3) is 4.37. The van der Waals surface area contributed by atoms with Crippen LogP contribution in [0.25, 0.3) is 10.9 Å². The van der Waals surface area contributed by atoms with Gasteiger partial charge in [0, 0.05) is 36.9 Å². The Kier molecular flexibility index (Phi) is 5.59. The lowest BCUT2D eigenvalue weighted by Crippen LogP contribution is -2.53. The Morgan fingerprint density at radius 2 is 2.00 bits per heavy atom. The molecule has 2 atom stereocenters. The second-order valence-electron chi connectivity index (χ2n) is 8.24. The van der Waals surface area contributed by atoms with Crippen LogP contribution < -0.4 is 4.90 Å². The number of hydrogen-bond donors (Lipinski definition) is 1. The van der Waals surface area contributed by atoms with Crippen LogP contribution in [0.5, 0.6) is 0 Å². The average molecular weight is 423 g/mol. The van der Waals surface area contributed by atoms with E-state index in [0.717, 1.165) is 6.07 Å². The summed E-state index contributed by atoms with van der Waals surface area (Å²) in [6, 6.07) is 5.81. The van der Waals surface area contributed by atoms with Crippen molar-refractivity contribution >= 4 is 22.6 Å². The number of esters is 1. The van der Waals surface area contributed by atoms with Gasteiger partial charge in [0.15, 0.2) is 0 Å². The molecule has 30 heavy (non-hydrogen) atoms. The van der Waals surface area contributed by atoms with Gasteiger partial charge in [-0.25, -0.2) is 0 Å². The average Bonchev–Trinajstić information content (AvgIpc) is 2.64. The highest BCUT2D eigenvalue weighted by atomic mass is 19.4. The Balaban J connectivity index is 1.53. The number of likely N-dealkylation sites (tertiary alicyclic amines) is 1. The summed E-state index contributed by atoms with van der Waals surface area (Å²) >= 11 is 0. The second kappa shape index (κ2) is 8.03. The number of nitrogens with zero attached hydrogens (tertiary/aromatic N) is 3. The number of piperidine rings is 1. The van der Waals surface area contributed by atoms with E-state index in [2.05, 4.69) is 4.98 Å². The molecule has 0 bridgehead atoms. The molecule has 6 nitrogen and oxygen atoms in total. The van der Waals surface area contributed by atoms with Crippen molar-refractivity contribution in [3.05, 3.63) is 36.0 Å². The number of rotatable bonds is 4. The van der Waals surface area contributed by atoms with Gasteiger partial charge >= 0.3 is 12.1 Å². The van der Waals surface area contributed by atoms with Gasteiger partial charge in [-0.2, -0.15) is 13.2 Å². The maximum atomic E-state index is 13.4. The molecule has 0 amide bonds. The van der Waals surface area contributed by atoms with E-state index in [1.165, 1.54) is 12.3 Å². The summed E-state index contributed by atoms with van der Waals surface area (Å²) in [6.07, 6.45) is -3.16. The Morgan fingerprint density at radius 3 is 2.70 bits per heavy atom. The first-order chi connectivity index (χ1) is 14.2. The van der Waals surface area contributed by atoms with Gasteiger partial charge in [-0.1, -0.05) is 6.92 Å². The summed E-state index contributed by atoms with van der Waals surface area (Å²) in [5.74, 6) is -0.142. The van der Waals surface area contributed by atoms with Crippen molar-refractivity contribution in [1.82, 2.24) is 9.88 Å². The van der Waals surface area contributed by atoms with Crippen LogP contribution in [0.1, 0.15) is 18.9 Å². The zero-order valence-corrected chi connectivity index (χ0v) is 16.6. The molecule has 0 aliphatic carbocycles. The van der Waals surface area contributed by atoms with E-state index < -0.39 is 11.7 Å². The molecule has 1 aromatic heterocycles. The fourth-order valence-corrected chi connectivity index (χ4v) is 4.32. The number of alkyl halides is 3. The molecule has 0 radical (unpaired) electrons. The van der Waals surface area contributed by atoms with Crippen molar-refractivity contribution in [3.8, 4) is 0 Å². The summed E-state index contributed by atoms with van der Waals surface area (Å²) < 4.78 is 45.8. The first-order valence-electron chi connectivity index (χ1n) is 10.0. The highest BCUT2D eigenvalue weighted by Gasteiger charge is 2.35. The van der Waals surface area contributed by atoms with Crippen LogP contribution in [0.2, 0.25) is 0 Å². The van der Waals surface area contributed by atoms with Gasteiger partial charge in [0.05, 0.1) is 30.3 Å². The van der Waals surface area contributed by atoms with Gasteiger partial charge < -0.3 is 14.7 Å². The smallest absolute Gasteiger partial charge is 0.418 e. The molecule has 9 heteroatoms. The molecule has 4 rings (SSSR count). The van der Waals surface area contributed by atoms with Gasteiger partial charge in [0.2, 0.25) is 0 Å². The van der Waals surface area contributed by atoms with Crippen molar-refractivity contribution in [2.75, 3.05) is 37.6 Å². The molecule has 2 fully saturated rings. The summed E-state index contributed by atoms with van der Waals surface area (Å²) in [5.41, 5.74) is -0.179. The number of aromatic nitrogens is 1. The topological polar surface area (TPSA) is 65.9 Å². The van der Waals surface area contributed by atoms with Crippen molar-refractivity contribution in [2.24, 2.45) is 5.92 Å². The maximum Gasteiger partial charge on any atom is 0.418 e. The number of β-amino-alcohol motifs (C(OH)–C–C–N with tert-alkyl or cyclic N) is 1. The Labute approximate surface area is 172 Å². The van der Waals surface area contributed by atoms with Gasteiger partial charge in [0.25, 0.3) is 0 Å².